The molecule has 1 heterocycles. The number of carboxylic acids is 1. The number of benzene rings is 2. The van der Waals surface area contributed by atoms with Crippen molar-refractivity contribution < 1.29 is 9.90 Å². The molecule has 3 aromatic rings. The number of hydrogen-bond donors (Lipinski definition) is 1. The van der Waals surface area contributed by atoms with E-state index >= 15 is 0 Å². The molecule has 2 aromatic carbocycles. The van der Waals surface area contributed by atoms with Crippen molar-refractivity contribution in [2.24, 2.45) is 0 Å². The molecule has 0 bridgehead atoms. The first-order valence-corrected chi connectivity index (χ1v) is 9.31. The molecule has 0 saturated heterocycles. The van der Waals surface area contributed by atoms with Crippen molar-refractivity contribution in [2.75, 3.05) is 0 Å². The number of carbonyl (C=O) groups is 1. The molecule has 0 spiro atoms. The standard InChI is InChI=1S/C22H23N3O3/c1-3-5-10-20-23-25(4-2)22(28)24(20)15-16-11-13-17(14-12-16)18-8-6-7-9-19(18)21(26)27/h5-14H,3-4,15H2,1-2H3,(H,26,27). The van der Waals surface area contributed by atoms with Gasteiger partial charge in [-0.15, -0.1) is 0 Å². The average molecular weight is 377 g/mol. The second-order valence-corrected chi connectivity index (χ2v) is 6.40. The van der Waals surface area contributed by atoms with E-state index in [0.717, 1.165) is 17.5 Å². The lowest BCUT2D eigenvalue weighted by Crippen LogP contribution is -2.25. The lowest BCUT2D eigenvalue weighted by atomic mass is 9.99. The number of nitrogens with zero attached hydrogens (tertiary/aromatic N) is 3. The number of aromatic carboxylic acids is 1. The van der Waals surface area contributed by atoms with Crippen LogP contribution in [0, 0.1) is 0 Å². The fourth-order valence-electron chi connectivity index (χ4n) is 3.05. The van der Waals surface area contributed by atoms with Gasteiger partial charge in [0, 0.05) is 6.54 Å². The van der Waals surface area contributed by atoms with Crippen molar-refractivity contribution in [1.82, 2.24) is 14.3 Å². The third kappa shape index (κ3) is 3.96. The van der Waals surface area contributed by atoms with Crippen molar-refractivity contribution in [3.63, 3.8) is 0 Å². The maximum Gasteiger partial charge on any atom is 0.346 e. The van der Waals surface area contributed by atoms with Gasteiger partial charge in [0.15, 0.2) is 5.82 Å². The Kier molecular flexibility index (Phi) is 5.89. The summed E-state index contributed by atoms with van der Waals surface area (Å²) in [6.45, 7) is 4.84. The Morgan fingerprint density at radius 2 is 1.82 bits per heavy atom. The third-order valence-electron chi connectivity index (χ3n) is 4.52. The van der Waals surface area contributed by atoms with E-state index in [4.69, 9.17) is 0 Å². The highest BCUT2D eigenvalue weighted by Gasteiger charge is 2.13. The van der Waals surface area contributed by atoms with Crippen LogP contribution in [0.4, 0.5) is 0 Å². The molecule has 0 aliphatic rings. The third-order valence-corrected chi connectivity index (χ3v) is 4.52. The van der Waals surface area contributed by atoms with Gasteiger partial charge in [-0.25, -0.2) is 14.3 Å². The number of allylic oxidation sites excluding steroid dienone is 1. The Balaban J connectivity index is 1.92. The maximum absolute atomic E-state index is 12.6. The molecule has 28 heavy (non-hydrogen) atoms. The minimum absolute atomic E-state index is 0.140. The van der Waals surface area contributed by atoms with Gasteiger partial charge < -0.3 is 5.11 Å². The van der Waals surface area contributed by atoms with Gasteiger partial charge >= 0.3 is 11.7 Å². The molecule has 0 aliphatic carbocycles. The van der Waals surface area contributed by atoms with Crippen LogP contribution in [-0.2, 0) is 13.1 Å². The van der Waals surface area contributed by atoms with Crippen LogP contribution in [0.5, 0.6) is 0 Å². The molecule has 0 saturated carbocycles. The van der Waals surface area contributed by atoms with Crippen LogP contribution in [-0.4, -0.2) is 25.4 Å². The highest BCUT2D eigenvalue weighted by atomic mass is 16.4. The normalized spacial score (nSPS) is 11.2. The van der Waals surface area contributed by atoms with E-state index in [-0.39, 0.29) is 11.3 Å². The Morgan fingerprint density at radius 1 is 1.11 bits per heavy atom. The number of hydrogen-bond acceptors (Lipinski definition) is 3. The molecule has 6 heteroatoms. The maximum atomic E-state index is 12.6. The number of aryl methyl sites for hydroxylation is 1. The monoisotopic (exact) mass is 377 g/mol. The second-order valence-electron chi connectivity index (χ2n) is 6.40. The van der Waals surface area contributed by atoms with Crippen molar-refractivity contribution in [2.45, 2.75) is 33.4 Å². The minimum atomic E-state index is -0.953. The molecule has 6 nitrogen and oxygen atoms in total. The highest BCUT2D eigenvalue weighted by molar-refractivity contribution is 5.95. The smallest absolute Gasteiger partial charge is 0.346 e. The van der Waals surface area contributed by atoms with Crippen LogP contribution in [0.2, 0.25) is 0 Å². The molecule has 3 rings (SSSR count). The molecule has 0 fully saturated rings. The molecule has 1 N–H and O–H groups in total. The first-order chi connectivity index (χ1) is 13.5. The molecule has 0 unspecified atom stereocenters. The van der Waals surface area contributed by atoms with Crippen LogP contribution >= 0.6 is 0 Å². The van der Waals surface area contributed by atoms with Gasteiger partial charge in [-0.05, 0) is 42.2 Å². The Hall–Kier alpha value is -3.41. The Morgan fingerprint density at radius 3 is 2.46 bits per heavy atom. The Labute approximate surface area is 163 Å². The van der Waals surface area contributed by atoms with Gasteiger partial charge in [0.05, 0.1) is 12.1 Å². The predicted octanol–water partition coefficient (Wildman–Crippen LogP) is 3.90. The SMILES string of the molecule is CCC=Cc1nn(CC)c(=O)n1Cc1ccc(-c2ccccc2C(=O)O)cc1. The van der Waals surface area contributed by atoms with Crippen LogP contribution in [0.1, 0.15) is 42.0 Å². The zero-order chi connectivity index (χ0) is 20.1. The Bertz CT molecular complexity index is 1060. The molecule has 0 radical (unpaired) electrons. The predicted molar refractivity (Wildman–Crippen MR) is 109 cm³/mol. The summed E-state index contributed by atoms with van der Waals surface area (Å²) in [5, 5.41) is 13.8. The fourth-order valence-corrected chi connectivity index (χ4v) is 3.05. The summed E-state index contributed by atoms with van der Waals surface area (Å²) in [6.07, 6.45) is 4.71. The van der Waals surface area contributed by atoms with Crippen LogP contribution in [0.25, 0.3) is 17.2 Å². The minimum Gasteiger partial charge on any atom is -0.478 e. The first kappa shape index (κ1) is 19.4. The van der Waals surface area contributed by atoms with Gasteiger partial charge in [0.1, 0.15) is 0 Å². The van der Waals surface area contributed by atoms with Gasteiger partial charge in [-0.1, -0.05) is 55.5 Å². The summed E-state index contributed by atoms with van der Waals surface area (Å²) < 4.78 is 3.10. The summed E-state index contributed by atoms with van der Waals surface area (Å²) in [4.78, 5) is 24.0. The number of rotatable bonds is 7. The first-order valence-electron chi connectivity index (χ1n) is 9.31. The second kappa shape index (κ2) is 8.52. The molecule has 1 aromatic heterocycles. The summed E-state index contributed by atoms with van der Waals surface area (Å²) in [7, 11) is 0. The summed E-state index contributed by atoms with van der Waals surface area (Å²) >= 11 is 0. The molecular formula is C22H23N3O3. The molecular weight excluding hydrogens is 354 g/mol. The molecule has 0 aliphatic heterocycles. The fraction of sp³-hybridized carbons (Fsp3) is 0.227. The largest absolute Gasteiger partial charge is 0.478 e. The summed E-state index contributed by atoms with van der Waals surface area (Å²) in [6, 6.07) is 14.5. The average Bonchev–Trinajstić information content (AvgIpc) is 3.01. The summed E-state index contributed by atoms with van der Waals surface area (Å²) in [5.74, 6) is -0.320. The zero-order valence-electron chi connectivity index (χ0n) is 16.0. The van der Waals surface area contributed by atoms with E-state index in [1.54, 1.807) is 22.8 Å². The van der Waals surface area contributed by atoms with E-state index in [9.17, 15) is 14.7 Å². The zero-order valence-corrected chi connectivity index (χ0v) is 16.0. The van der Waals surface area contributed by atoms with Crippen molar-refractivity contribution in [3.8, 4) is 11.1 Å². The molecule has 0 amide bonds. The molecule has 0 atom stereocenters. The van der Waals surface area contributed by atoms with Gasteiger partial charge in [0.2, 0.25) is 0 Å². The van der Waals surface area contributed by atoms with Crippen molar-refractivity contribution in [3.05, 3.63) is 82.0 Å². The van der Waals surface area contributed by atoms with Crippen LogP contribution < -0.4 is 5.69 Å². The molecule has 144 valence electrons. The number of carboxylic acid groups (broad SMARTS) is 1. The summed E-state index contributed by atoms with van der Waals surface area (Å²) in [5.41, 5.74) is 2.57. The topological polar surface area (TPSA) is 77.1 Å². The van der Waals surface area contributed by atoms with E-state index in [2.05, 4.69) is 5.10 Å². The van der Waals surface area contributed by atoms with E-state index in [1.807, 2.05) is 56.3 Å². The van der Waals surface area contributed by atoms with Gasteiger partial charge in [-0.3, -0.25) is 4.57 Å². The lowest BCUT2D eigenvalue weighted by Gasteiger charge is -2.08. The quantitative estimate of drug-likeness (QED) is 0.677. The van der Waals surface area contributed by atoms with E-state index in [0.29, 0.717) is 24.5 Å². The van der Waals surface area contributed by atoms with Gasteiger partial charge in [0.25, 0.3) is 0 Å². The van der Waals surface area contributed by atoms with E-state index in [1.165, 1.54) is 4.68 Å². The van der Waals surface area contributed by atoms with Crippen molar-refractivity contribution >= 4 is 12.0 Å². The lowest BCUT2D eigenvalue weighted by molar-refractivity contribution is 0.0697. The highest BCUT2D eigenvalue weighted by Crippen LogP contribution is 2.24. The number of aromatic nitrogens is 3. The van der Waals surface area contributed by atoms with E-state index < -0.39 is 5.97 Å². The van der Waals surface area contributed by atoms with Gasteiger partial charge in [-0.2, -0.15) is 5.10 Å². The van der Waals surface area contributed by atoms with Crippen LogP contribution in [0.3, 0.4) is 0 Å². The van der Waals surface area contributed by atoms with Crippen LogP contribution in [0.15, 0.2) is 59.4 Å². The van der Waals surface area contributed by atoms with Crippen molar-refractivity contribution in [1.29, 1.82) is 0 Å².